The molecular formula is C16H26N2O2. The fourth-order valence-corrected chi connectivity index (χ4v) is 2.08. The third-order valence-electron chi connectivity index (χ3n) is 3.51. The first-order valence-electron chi connectivity index (χ1n) is 7.53. The van der Waals surface area contributed by atoms with E-state index in [2.05, 4.69) is 13.0 Å². The molecule has 1 aliphatic carbocycles. The Morgan fingerprint density at radius 2 is 2.15 bits per heavy atom. The normalized spacial score (nSPS) is 16.1. The summed E-state index contributed by atoms with van der Waals surface area (Å²) in [5.74, 6) is 1.63. The molecule has 0 bridgehead atoms. The largest absolute Gasteiger partial charge is 0.493 e. The van der Waals surface area contributed by atoms with Crippen LogP contribution in [0.4, 0.5) is 0 Å². The number of nitrogens with two attached hydrogens (primary N) is 2. The summed E-state index contributed by atoms with van der Waals surface area (Å²) < 4.78 is 11.5. The van der Waals surface area contributed by atoms with Crippen molar-refractivity contribution in [3.05, 3.63) is 29.3 Å². The van der Waals surface area contributed by atoms with Gasteiger partial charge < -0.3 is 20.9 Å². The molecule has 0 aliphatic heterocycles. The van der Waals surface area contributed by atoms with Crippen LogP contribution in [-0.2, 0) is 11.3 Å². The summed E-state index contributed by atoms with van der Waals surface area (Å²) in [5, 5.41) is 0. The lowest BCUT2D eigenvalue weighted by molar-refractivity contribution is 0.111. The molecule has 1 aliphatic rings. The summed E-state index contributed by atoms with van der Waals surface area (Å²) >= 11 is 0. The van der Waals surface area contributed by atoms with Crippen LogP contribution in [0.25, 0.3) is 0 Å². The van der Waals surface area contributed by atoms with Crippen LogP contribution in [0.2, 0.25) is 0 Å². The van der Waals surface area contributed by atoms with Crippen molar-refractivity contribution < 1.29 is 9.47 Å². The molecule has 0 amide bonds. The molecule has 112 valence electrons. The molecule has 0 spiro atoms. The van der Waals surface area contributed by atoms with Gasteiger partial charge in [-0.1, -0.05) is 13.0 Å². The lowest BCUT2D eigenvalue weighted by Crippen LogP contribution is -2.22. The summed E-state index contributed by atoms with van der Waals surface area (Å²) in [6.45, 7) is 4.69. The van der Waals surface area contributed by atoms with E-state index in [-0.39, 0.29) is 6.04 Å². The van der Waals surface area contributed by atoms with Crippen molar-refractivity contribution >= 4 is 0 Å². The maximum Gasteiger partial charge on any atom is 0.124 e. The molecule has 4 N–H and O–H groups in total. The van der Waals surface area contributed by atoms with Gasteiger partial charge in [0.2, 0.25) is 0 Å². The Morgan fingerprint density at radius 1 is 1.35 bits per heavy atom. The van der Waals surface area contributed by atoms with Gasteiger partial charge in [-0.05, 0) is 42.9 Å². The van der Waals surface area contributed by atoms with E-state index in [1.54, 1.807) is 0 Å². The third kappa shape index (κ3) is 4.47. The maximum absolute atomic E-state index is 6.08. The summed E-state index contributed by atoms with van der Waals surface area (Å²) in [4.78, 5) is 0. The number of hydrogen-bond donors (Lipinski definition) is 2. The lowest BCUT2D eigenvalue weighted by atomic mass is 10.0. The molecule has 1 aromatic rings. The molecule has 1 atom stereocenters. The average molecular weight is 278 g/mol. The van der Waals surface area contributed by atoms with Crippen LogP contribution in [0, 0.1) is 5.92 Å². The van der Waals surface area contributed by atoms with E-state index in [1.165, 1.54) is 12.8 Å². The number of hydrogen-bond acceptors (Lipinski definition) is 4. The Morgan fingerprint density at radius 3 is 2.80 bits per heavy atom. The zero-order chi connectivity index (χ0) is 14.4. The first-order valence-corrected chi connectivity index (χ1v) is 7.53. The molecule has 1 fully saturated rings. The van der Waals surface area contributed by atoms with Crippen LogP contribution < -0.4 is 16.2 Å². The minimum absolute atomic E-state index is 0.190. The predicted octanol–water partition coefficient (Wildman–Crippen LogP) is 2.36. The highest BCUT2D eigenvalue weighted by atomic mass is 16.5. The minimum Gasteiger partial charge on any atom is -0.493 e. The fourth-order valence-electron chi connectivity index (χ4n) is 2.08. The van der Waals surface area contributed by atoms with Crippen molar-refractivity contribution in [2.75, 3.05) is 19.8 Å². The number of ether oxygens (including phenoxy) is 2. The Labute approximate surface area is 121 Å². The van der Waals surface area contributed by atoms with Crippen LogP contribution in [-0.4, -0.2) is 19.8 Å². The molecule has 1 aromatic carbocycles. The highest BCUT2D eigenvalue weighted by Gasteiger charge is 2.21. The van der Waals surface area contributed by atoms with Crippen LogP contribution in [0.3, 0.4) is 0 Å². The van der Waals surface area contributed by atoms with Gasteiger partial charge in [0.05, 0.1) is 13.2 Å². The standard InChI is InChI=1S/C16H26N2O2/c1-2-7-20-16-6-5-13(8-14(16)15(18)9-17)11-19-10-12-3-4-12/h5-6,8,12,15H,2-4,7,9-11,17-18H2,1H3. The van der Waals surface area contributed by atoms with Gasteiger partial charge in [-0.15, -0.1) is 0 Å². The van der Waals surface area contributed by atoms with Gasteiger partial charge in [-0.25, -0.2) is 0 Å². The van der Waals surface area contributed by atoms with E-state index < -0.39 is 0 Å². The molecule has 1 unspecified atom stereocenters. The van der Waals surface area contributed by atoms with Crippen molar-refractivity contribution in [1.82, 2.24) is 0 Å². The van der Waals surface area contributed by atoms with Crippen molar-refractivity contribution in [2.24, 2.45) is 17.4 Å². The van der Waals surface area contributed by atoms with Gasteiger partial charge in [-0.2, -0.15) is 0 Å². The molecule has 0 saturated heterocycles. The summed E-state index contributed by atoms with van der Waals surface area (Å²) in [6, 6.07) is 5.90. The van der Waals surface area contributed by atoms with Gasteiger partial charge >= 0.3 is 0 Å². The second-order valence-electron chi connectivity index (χ2n) is 5.52. The van der Waals surface area contributed by atoms with Crippen molar-refractivity contribution in [1.29, 1.82) is 0 Å². The Kier molecular flexibility index (Phi) is 5.83. The van der Waals surface area contributed by atoms with E-state index in [1.807, 2.05) is 12.1 Å². The van der Waals surface area contributed by atoms with Gasteiger partial charge in [0, 0.05) is 24.8 Å². The summed E-state index contributed by atoms with van der Waals surface area (Å²) in [5.41, 5.74) is 13.9. The van der Waals surface area contributed by atoms with Crippen molar-refractivity contribution in [2.45, 2.75) is 38.8 Å². The lowest BCUT2D eigenvalue weighted by Gasteiger charge is -2.17. The van der Waals surface area contributed by atoms with Crippen LogP contribution in [0.5, 0.6) is 5.75 Å². The first-order chi connectivity index (χ1) is 9.74. The van der Waals surface area contributed by atoms with Gasteiger partial charge in [0.15, 0.2) is 0 Å². The Hall–Kier alpha value is -1.10. The monoisotopic (exact) mass is 278 g/mol. The molecule has 4 nitrogen and oxygen atoms in total. The van der Waals surface area contributed by atoms with Crippen LogP contribution in [0.15, 0.2) is 18.2 Å². The highest BCUT2D eigenvalue weighted by Crippen LogP contribution is 2.30. The number of rotatable bonds is 9. The molecule has 20 heavy (non-hydrogen) atoms. The molecule has 4 heteroatoms. The van der Waals surface area contributed by atoms with E-state index >= 15 is 0 Å². The molecule has 1 saturated carbocycles. The summed E-state index contributed by atoms with van der Waals surface area (Å²) in [7, 11) is 0. The fraction of sp³-hybridized carbons (Fsp3) is 0.625. The van der Waals surface area contributed by atoms with Gasteiger partial charge in [0.1, 0.15) is 5.75 Å². The highest BCUT2D eigenvalue weighted by molar-refractivity contribution is 5.39. The average Bonchev–Trinajstić information content (AvgIpc) is 3.29. The molecular weight excluding hydrogens is 252 g/mol. The first kappa shape index (κ1) is 15.3. The smallest absolute Gasteiger partial charge is 0.124 e. The van der Waals surface area contributed by atoms with Crippen LogP contribution >= 0.6 is 0 Å². The minimum atomic E-state index is -0.190. The number of benzene rings is 1. The van der Waals surface area contributed by atoms with Crippen molar-refractivity contribution in [3.8, 4) is 5.75 Å². The second kappa shape index (κ2) is 7.62. The third-order valence-corrected chi connectivity index (χ3v) is 3.51. The molecule has 0 heterocycles. The van der Waals surface area contributed by atoms with Gasteiger partial charge in [-0.3, -0.25) is 0 Å². The quantitative estimate of drug-likeness (QED) is 0.727. The topological polar surface area (TPSA) is 70.5 Å². The zero-order valence-electron chi connectivity index (χ0n) is 12.3. The predicted molar refractivity (Wildman–Crippen MR) is 80.6 cm³/mol. The van der Waals surface area contributed by atoms with Crippen LogP contribution in [0.1, 0.15) is 43.4 Å². The molecule has 0 radical (unpaired) electrons. The van der Waals surface area contributed by atoms with E-state index in [4.69, 9.17) is 20.9 Å². The zero-order valence-corrected chi connectivity index (χ0v) is 12.3. The molecule has 0 aromatic heterocycles. The second-order valence-corrected chi connectivity index (χ2v) is 5.52. The Bertz CT molecular complexity index is 419. The van der Waals surface area contributed by atoms with Gasteiger partial charge in [0.25, 0.3) is 0 Å². The molecule has 2 rings (SSSR count). The van der Waals surface area contributed by atoms with E-state index in [9.17, 15) is 0 Å². The SMILES string of the molecule is CCCOc1ccc(COCC2CC2)cc1C(N)CN. The van der Waals surface area contributed by atoms with E-state index in [0.717, 1.165) is 35.8 Å². The van der Waals surface area contributed by atoms with Crippen molar-refractivity contribution in [3.63, 3.8) is 0 Å². The maximum atomic E-state index is 6.08. The summed E-state index contributed by atoms with van der Waals surface area (Å²) in [6.07, 6.45) is 3.60. The Balaban J connectivity index is 2.01. The van der Waals surface area contributed by atoms with E-state index in [0.29, 0.717) is 19.8 Å².